The zero-order valence-corrected chi connectivity index (χ0v) is 7.89. The van der Waals surface area contributed by atoms with Gasteiger partial charge in [0.1, 0.15) is 0 Å². The van der Waals surface area contributed by atoms with Crippen LogP contribution in [0.3, 0.4) is 0 Å². The molecule has 74 valence electrons. The zero-order chi connectivity index (χ0) is 9.97. The molecule has 0 amide bonds. The largest absolute Gasteiger partial charge is 0.204 e. The van der Waals surface area contributed by atoms with Crippen LogP contribution >= 0.6 is 0 Å². The monoisotopic (exact) mass is 194 g/mol. The van der Waals surface area contributed by atoms with Crippen LogP contribution in [0.1, 0.15) is 24.8 Å². The molecule has 1 aromatic carbocycles. The van der Waals surface area contributed by atoms with Gasteiger partial charge in [0, 0.05) is 0 Å². The molecule has 1 aliphatic rings. The third-order valence-electron chi connectivity index (χ3n) is 2.58. The number of hydrogen-bond acceptors (Lipinski definition) is 0. The first-order valence-corrected chi connectivity index (χ1v) is 4.88. The highest BCUT2D eigenvalue weighted by atomic mass is 19.2. The average Bonchev–Trinajstić information content (AvgIpc) is 2.66. The molecule has 0 nitrogen and oxygen atoms in total. The van der Waals surface area contributed by atoms with Gasteiger partial charge < -0.3 is 0 Å². The Kier molecular flexibility index (Phi) is 2.62. The Labute approximate surface area is 82.3 Å². The van der Waals surface area contributed by atoms with Crippen LogP contribution in [0.2, 0.25) is 0 Å². The van der Waals surface area contributed by atoms with Gasteiger partial charge in [-0.2, -0.15) is 0 Å². The van der Waals surface area contributed by atoms with Crippen molar-refractivity contribution in [1.82, 2.24) is 0 Å². The van der Waals surface area contributed by atoms with Crippen molar-refractivity contribution in [2.75, 3.05) is 0 Å². The van der Waals surface area contributed by atoms with Gasteiger partial charge in [0.05, 0.1) is 0 Å². The van der Waals surface area contributed by atoms with Crippen molar-refractivity contribution in [3.8, 4) is 0 Å². The van der Waals surface area contributed by atoms with E-state index in [-0.39, 0.29) is 0 Å². The predicted octanol–water partition coefficient (Wildman–Crippen LogP) is 3.62. The van der Waals surface area contributed by atoms with Gasteiger partial charge in [-0.15, -0.1) is 0 Å². The van der Waals surface area contributed by atoms with E-state index in [1.807, 2.05) is 0 Å². The maximum Gasteiger partial charge on any atom is 0.162 e. The van der Waals surface area contributed by atoms with Gasteiger partial charge in [0.15, 0.2) is 11.6 Å². The van der Waals surface area contributed by atoms with Crippen molar-refractivity contribution in [3.05, 3.63) is 47.0 Å². The standard InChI is InChI=1S/C12H12F2/c13-11-7-3-6-10(12(11)14)8-9-4-1-2-5-9/h3-4,6-7H,1-2,5,8H2. The highest BCUT2D eigenvalue weighted by Crippen LogP contribution is 2.23. The molecule has 14 heavy (non-hydrogen) atoms. The molecule has 0 spiro atoms. The molecule has 0 aromatic heterocycles. The third-order valence-corrected chi connectivity index (χ3v) is 2.58. The van der Waals surface area contributed by atoms with Crippen LogP contribution in [0.15, 0.2) is 29.8 Å². The van der Waals surface area contributed by atoms with E-state index in [1.54, 1.807) is 12.1 Å². The Bertz CT molecular complexity index is 367. The molecule has 1 aromatic rings. The van der Waals surface area contributed by atoms with Crippen molar-refractivity contribution in [3.63, 3.8) is 0 Å². The summed E-state index contributed by atoms with van der Waals surface area (Å²) < 4.78 is 26.1. The lowest BCUT2D eigenvalue weighted by molar-refractivity contribution is 0.500. The molecule has 2 heteroatoms. The lowest BCUT2D eigenvalue weighted by atomic mass is 10.0. The van der Waals surface area contributed by atoms with E-state index in [0.717, 1.165) is 25.3 Å². The molecule has 0 bridgehead atoms. The molecule has 0 aliphatic heterocycles. The van der Waals surface area contributed by atoms with E-state index in [0.29, 0.717) is 12.0 Å². The molecule has 0 radical (unpaired) electrons. The Hall–Kier alpha value is -1.18. The number of hydrogen-bond donors (Lipinski definition) is 0. The van der Waals surface area contributed by atoms with Gasteiger partial charge in [-0.25, -0.2) is 8.78 Å². The normalized spacial score (nSPS) is 15.7. The van der Waals surface area contributed by atoms with E-state index >= 15 is 0 Å². The van der Waals surface area contributed by atoms with Crippen molar-refractivity contribution in [1.29, 1.82) is 0 Å². The summed E-state index contributed by atoms with van der Waals surface area (Å²) in [6.45, 7) is 0. The molecule has 1 aliphatic carbocycles. The van der Waals surface area contributed by atoms with Crippen molar-refractivity contribution >= 4 is 0 Å². The predicted molar refractivity (Wildman–Crippen MR) is 52.0 cm³/mol. The molecule has 0 heterocycles. The highest BCUT2D eigenvalue weighted by Gasteiger charge is 2.11. The summed E-state index contributed by atoms with van der Waals surface area (Å²) in [6.07, 6.45) is 5.93. The lowest BCUT2D eigenvalue weighted by Crippen LogP contribution is -1.95. The summed E-state index contributed by atoms with van der Waals surface area (Å²) in [5, 5.41) is 0. The Morgan fingerprint density at radius 1 is 1.21 bits per heavy atom. The summed E-state index contributed by atoms with van der Waals surface area (Å²) in [4.78, 5) is 0. The maximum absolute atomic E-state index is 13.3. The summed E-state index contributed by atoms with van der Waals surface area (Å²) in [5.41, 5.74) is 1.70. The van der Waals surface area contributed by atoms with Crippen LogP contribution < -0.4 is 0 Å². The van der Waals surface area contributed by atoms with E-state index < -0.39 is 11.6 Å². The highest BCUT2D eigenvalue weighted by molar-refractivity contribution is 5.25. The van der Waals surface area contributed by atoms with Gasteiger partial charge in [-0.3, -0.25) is 0 Å². The maximum atomic E-state index is 13.3. The smallest absolute Gasteiger partial charge is 0.162 e. The Balaban J connectivity index is 2.20. The van der Waals surface area contributed by atoms with Gasteiger partial charge in [-0.05, 0) is 37.3 Å². The van der Waals surface area contributed by atoms with Crippen LogP contribution in [0.25, 0.3) is 0 Å². The van der Waals surface area contributed by atoms with Crippen LogP contribution in [-0.2, 0) is 6.42 Å². The minimum absolute atomic E-state index is 0.471. The summed E-state index contributed by atoms with van der Waals surface area (Å²) in [6, 6.07) is 4.36. The molecule has 0 unspecified atom stereocenters. The first kappa shape index (κ1) is 9.38. The molecular weight excluding hydrogens is 182 g/mol. The summed E-state index contributed by atoms with van der Waals surface area (Å²) >= 11 is 0. The van der Waals surface area contributed by atoms with E-state index in [2.05, 4.69) is 6.08 Å². The van der Waals surface area contributed by atoms with Crippen LogP contribution in [0.4, 0.5) is 8.78 Å². The topological polar surface area (TPSA) is 0 Å². The van der Waals surface area contributed by atoms with Gasteiger partial charge in [-0.1, -0.05) is 23.8 Å². The molecule has 0 N–H and O–H groups in total. The fraction of sp³-hybridized carbons (Fsp3) is 0.333. The Morgan fingerprint density at radius 3 is 2.79 bits per heavy atom. The lowest BCUT2D eigenvalue weighted by Gasteiger charge is -2.04. The van der Waals surface area contributed by atoms with Crippen LogP contribution in [-0.4, -0.2) is 0 Å². The average molecular weight is 194 g/mol. The number of halogens is 2. The van der Waals surface area contributed by atoms with Crippen molar-refractivity contribution in [2.24, 2.45) is 0 Å². The number of allylic oxidation sites excluding steroid dienone is 2. The molecule has 0 saturated heterocycles. The molecule has 0 fully saturated rings. The SMILES string of the molecule is Fc1cccc(CC2=CCCC2)c1F. The van der Waals surface area contributed by atoms with E-state index in [9.17, 15) is 8.78 Å². The number of rotatable bonds is 2. The summed E-state index contributed by atoms with van der Waals surface area (Å²) in [5.74, 6) is -1.44. The van der Waals surface area contributed by atoms with Gasteiger partial charge in [0.25, 0.3) is 0 Å². The minimum atomic E-state index is -0.749. The van der Waals surface area contributed by atoms with Gasteiger partial charge >= 0.3 is 0 Å². The second kappa shape index (κ2) is 3.91. The van der Waals surface area contributed by atoms with Crippen molar-refractivity contribution in [2.45, 2.75) is 25.7 Å². The first-order valence-electron chi connectivity index (χ1n) is 4.88. The first-order chi connectivity index (χ1) is 6.77. The quantitative estimate of drug-likeness (QED) is 0.631. The second-order valence-electron chi connectivity index (χ2n) is 3.64. The third kappa shape index (κ3) is 1.84. The van der Waals surface area contributed by atoms with Crippen LogP contribution in [0, 0.1) is 11.6 Å². The fourth-order valence-corrected chi connectivity index (χ4v) is 1.83. The van der Waals surface area contributed by atoms with Gasteiger partial charge in [0.2, 0.25) is 0 Å². The van der Waals surface area contributed by atoms with Crippen LogP contribution in [0.5, 0.6) is 0 Å². The Morgan fingerprint density at radius 2 is 2.07 bits per heavy atom. The second-order valence-corrected chi connectivity index (χ2v) is 3.64. The summed E-state index contributed by atoms with van der Waals surface area (Å²) in [7, 11) is 0. The molecule has 0 saturated carbocycles. The molecule has 2 rings (SSSR count). The number of benzene rings is 1. The van der Waals surface area contributed by atoms with Crippen molar-refractivity contribution < 1.29 is 8.78 Å². The van der Waals surface area contributed by atoms with E-state index in [1.165, 1.54) is 5.57 Å². The molecular formula is C12H12F2. The zero-order valence-electron chi connectivity index (χ0n) is 7.89. The van der Waals surface area contributed by atoms with E-state index in [4.69, 9.17) is 0 Å². The minimum Gasteiger partial charge on any atom is -0.204 e. The fourth-order valence-electron chi connectivity index (χ4n) is 1.83. The molecule has 0 atom stereocenters.